The van der Waals surface area contributed by atoms with Crippen LogP contribution in [0.5, 0.6) is 0 Å². The van der Waals surface area contributed by atoms with E-state index in [1.165, 1.54) is 0 Å². The van der Waals surface area contributed by atoms with Crippen LogP contribution in [0, 0.1) is 23.2 Å². The second-order valence-corrected chi connectivity index (χ2v) is 7.14. The number of aromatic nitrogens is 1. The molecule has 0 aliphatic heterocycles. The maximum atomic E-state index is 12.9. The minimum absolute atomic E-state index is 0.406. The molecule has 3 rings (SSSR count). The van der Waals surface area contributed by atoms with Crippen LogP contribution in [0.25, 0.3) is 0 Å². The van der Waals surface area contributed by atoms with Gasteiger partial charge in [0.15, 0.2) is 0 Å². The van der Waals surface area contributed by atoms with Crippen molar-refractivity contribution in [1.82, 2.24) is 4.98 Å². The molecule has 2 fully saturated rings. The molecule has 1 aromatic heterocycles. The summed E-state index contributed by atoms with van der Waals surface area (Å²) in [5.74, 6) is -0.946. The maximum absolute atomic E-state index is 12.9. The molecule has 0 spiro atoms. The largest absolute Gasteiger partial charge is 0.310 e. The van der Waals surface area contributed by atoms with E-state index in [-0.39, 0.29) is 0 Å². The highest BCUT2D eigenvalue weighted by atomic mass is 16.2. The van der Waals surface area contributed by atoms with E-state index in [9.17, 15) is 14.4 Å². The Labute approximate surface area is 129 Å². The topological polar surface area (TPSA) is 76.1 Å². The molecule has 2 saturated carbocycles. The fraction of sp³-hybridized carbons (Fsp3) is 0.529. The van der Waals surface area contributed by atoms with Crippen LogP contribution in [-0.2, 0) is 14.4 Å². The number of ketones is 2. The maximum Gasteiger partial charge on any atom is 0.240 e. The molecular weight excluding hydrogens is 280 g/mol. The number of carbonyl (C=O) groups excluding carboxylic acids is 3. The Morgan fingerprint density at radius 1 is 1.14 bits per heavy atom. The van der Waals surface area contributed by atoms with Gasteiger partial charge in [-0.2, -0.15) is 0 Å². The van der Waals surface area contributed by atoms with Gasteiger partial charge in [0.1, 0.15) is 11.2 Å². The van der Waals surface area contributed by atoms with E-state index in [0.29, 0.717) is 18.7 Å². The van der Waals surface area contributed by atoms with Crippen molar-refractivity contribution in [3.05, 3.63) is 23.9 Å². The molecule has 116 valence electrons. The van der Waals surface area contributed by atoms with Crippen molar-refractivity contribution in [2.75, 3.05) is 5.32 Å². The third kappa shape index (κ3) is 1.49. The standard InChI is InChI=1S/C17H20N2O3/c1-10-6-5-7-11(18-10)19-14(22)17-9-8-16(4,15(17,2)3)12(20)13(17)21/h5-7H,8-9H2,1-4H3,(H,18,19,22). The molecule has 1 amide bonds. The van der Waals surface area contributed by atoms with E-state index >= 15 is 0 Å². The molecule has 0 saturated heterocycles. The third-order valence-electron chi connectivity index (χ3n) is 6.06. The summed E-state index contributed by atoms with van der Waals surface area (Å²) in [5.41, 5.74) is -1.94. The molecule has 1 N–H and O–H groups in total. The predicted molar refractivity (Wildman–Crippen MR) is 81.2 cm³/mol. The first-order valence-corrected chi connectivity index (χ1v) is 7.51. The lowest BCUT2D eigenvalue weighted by Crippen LogP contribution is -2.47. The van der Waals surface area contributed by atoms with E-state index in [4.69, 9.17) is 0 Å². The van der Waals surface area contributed by atoms with Gasteiger partial charge in [0, 0.05) is 11.1 Å². The predicted octanol–water partition coefficient (Wildman–Crippen LogP) is 2.29. The highest BCUT2D eigenvalue weighted by Crippen LogP contribution is 2.69. The molecule has 0 radical (unpaired) electrons. The number of anilines is 1. The molecule has 2 aliphatic rings. The zero-order valence-electron chi connectivity index (χ0n) is 13.3. The summed E-state index contributed by atoms with van der Waals surface area (Å²) < 4.78 is 0. The highest BCUT2D eigenvalue weighted by Gasteiger charge is 2.77. The number of pyridine rings is 1. The quantitative estimate of drug-likeness (QED) is 0.671. The van der Waals surface area contributed by atoms with Crippen molar-refractivity contribution in [3.8, 4) is 0 Å². The number of hydrogen-bond acceptors (Lipinski definition) is 4. The van der Waals surface area contributed by atoms with E-state index in [1.54, 1.807) is 19.1 Å². The van der Waals surface area contributed by atoms with Crippen LogP contribution < -0.4 is 5.32 Å². The number of amides is 1. The lowest BCUT2D eigenvalue weighted by molar-refractivity contribution is -0.147. The molecule has 22 heavy (non-hydrogen) atoms. The van der Waals surface area contributed by atoms with Gasteiger partial charge < -0.3 is 5.32 Å². The van der Waals surface area contributed by atoms with E-state index in [0.717, 1.165) is 5.69 Å². The molecule has 0 aromatic carbocycles. The lowest BCUT2D eigenvalue weighted by atomic mass is 9.64. The van der Waals surface area contributed by atoms with Gasteiger partial charge in [-0.15, -0.1) is 0 Å². The molecular formula is C17H20N2O3. The second-order valence-electron chi connectivity index (χ2n) is 7.14. The number of nitrogens with one attached hydrogen (secondary N) is 1. The first-order chi connectivity index (χ1) is 10.2. The van der Waals surface area contributed by atoms with Gasteiger partial charge >= 0.3 is 0 Å². The summed E-state index contributed by atoms with van der Waals surface area (Å²) in [6, 6.07) is 5.31. The summed E-state index contributed by atoms with van der Waals surface area (Å²) in [5, 5.41) is 2.74. The molecule has 1 heterocycles. The first kappa shape index (κ1) is 14.9. The zero-order chi connectivity index (χ0) is 16.3. The molecule has 2 bridgehead atoms. The molecule has 1 aromatic rings. The van der Waals surface area contributed by atoms with Crippen LogP contribution in [0.4, 0.5) is 5.82 Å². The fourth-order valence-electron chi connectivity index (χ4n) is 4.11. The van der Waals surface area contributed by atoms with Crippen molar-refractivity contribution in [3.63, 3.8) is 0 Å². The molecule has 5 heteroatoms. The van der Waals surface area contributed by atoms with Crippen molar-refractivity contribution >= 4 is 23.3 Å². The summed E-state index contributed by atoms with van der Waals surface area (Å²) >= 11 is 0. The molecule has 2 atom stereocenters. The van der Waals surface area contributed by atoms with Crippen molar-refractivity contribution < 1.29 is 14.4 Å². The molecule has 2 aliphatic carbocycles. The van der Waals surface area contributed by atoms with Crippen LogP contribution in [0.15, 0.2) is 18.2 Å². The summed E-state index contributed by atoms with van der Waals surface area (Å²) in [6.07, 6.45) is 0.984. The molecule has 2 unspecified atom stereocenters. The number of aryl methyl sites for hydroxylation is 1. The third-order valence-corrected chi connectivity index (χ3v) is 6.06. The summed E-state index contributed by atoms with van der Waals surface area (Å²) in [6.45, 7) is 7.34. The van der Waals surface area contributed by atoms with Crippen LogP contribution in [0.3, 0.4) is 0 Å². The Bertz CT molecular complexity index is 710. The van der Waals surface area contributed by atoms with E-state index < -0.39 is 33.7 Å². The normalized spacial score (nSPS) is 32.4. The minimum atomic E-state index is -1.27. The van der Waals surface area contributed by atoms with Crippen molar-refractivity contribution in [2.24, 2.45) is 16.2 Å². The van der Waals surface area contributed by atoms with Gasteiger partial charge in [0.2, 0.25) is 17.5 Å². The van der Waals surface area contributed by atoms with Crippen molar-refractivity contribution in [2.45, 2.75) is 40.5 Å². The van der Waals surface area contributed by atoms with E-state index in [2.05, 4.69) is 10.3 Å². The highest BCUT2D eigenvalue weighted by molar-refractivity contribution is 6.49. The number of nitrogens with zero attached hydrogens (tertiary/aromatic N) is 1. The Morgan fingerprint density at radius 3 is 2.36 bits per heavy atom. The van der Waals surface area contributed by atoms with Gasteiger partial charge in [-0.25, -0.2) is 4.98 Å². The van der Waals surface area contributed by atoms with Crippen LogP contribution in [0.1, 0.15) is 39.3 Å². The molecule has 5 nitrogen and oxygen atoms in total. The number of rotatable bonds is 2. The fourth-order valence-corrected chi connectivity index (χ4v) is 4.11. The number of fused-ring (bicyclic) bond motifs is 2. The number of carbonyl (C=O) groups is 3. The minimum Gasteiger partial charge on any atom is -0.310 e. The summed E-state index contributed by atoms with van der Waals surface area (Å²) in [7, 11) is 0. The number of Topliss-reactive ketones (excluding diaryl/α,β-unsaturated/α-hetero) is 2. The second kappa shape index (κ2) is 4.24. The monoisotopic (exact) mass is 300 g/mol. The van der Waals surface area contributed by atoms with Crippen LogP contribution in [0.2, 0.25) is 0 Å². The Kier molecular flexibility index (Phi) is 2.87. The lowest BCUT2D eigenvalue weighted by Gasteiger charge is -2.36. The van der Waals surface area contributed by atoms with E-state index in [1.807, 2.05) is 26.8 Å². The van der Waals surface area contributed by atoms with Gasteiger partial charge in [0.05, 0.1) is 0 Å². The zero-order valence-corrected chi connectivity index (χ0v) is 13.3. The van der Waals surface area contributed by atoms with Gasteiger partial charge in [-0.05, 0) is 37.3 Å². The van der Waals surface area contributed by atoms with Crippen molar-refractivity contribution in [1.29, 1.82) is 0 Å². The van der Waals surface area contributed by atoms with Crippen LogP contribution in [-0.4, -0.2) is 22.5 Å². The van der Waals surface area contributed by atoms with Crippen LogP contribution >= 0.6 is 0 Å². The van der Waals surface area contributed by atoms with Gasteiger partial charge in [0.25, 0.3) is 0 Å². The average molecular weight is 300 g/mol. The smallest absolute Gasteiger partial charge is 0.240 e. The number of hydrogen-bond donors (Lipinski definition) is 1. The average Bonchev–Trinajstić information content (AvgIpc) is 2.71. The summed E-state index contributed by atoms with van der Waals surface area (Å²) in [4.78, 5) is 42.1. The van der Waals surface area contributed by atoms with Gasteiger partial charge in [-0.3, -0.25) is 14.4 Å². The first-order valence-electron chi connectivity index (χ1n) is 7.51. The van der Waals surface area contributed by atoms with Gasteiger partial charge in [-0.1, -0.05) is 26.8 Å². The Balaban J connectivity index is 2.01. The Morgan fingerprint density at radius 2 is 1.82 bits per heavy atom. The SMILES string of the molecule is Cc1cccc(NC(=O)C23CCC(C)(C(=O)C2=O)C3(C)C)n1. The Hall–Kier alpha value is -2.04.